The summed E-state index contributed by atoms with van der Waals surface area (Å²) in [5, 5.41) is 3.36. The van der Waals surface area contributed by atoms with E-state index in [1.165, 1.54) is 11.8 Å². The van der Waals surface area contributed by atoms with Crippen molar-refractivity contribution < 1.29 is 14.3 Å². The monoisotopic (exact) mass is 361 g/mol. The lowest BCUT2D eigenvalue weighted by Gasteiger charge is -2.27. The fraction of sp³-hybridized carbons (Fsp3) is 0.353. The number of carbonyl (C=O) groups is 1. The lowest BCUT2D eigenvalue weighted by molar-refractivity contribution is -0.116. The minimum absolute atomic E-state index is 0.138. The molecule has 0 radical (unpaired) electrons. The van der Waals surface area contributed by atoms with Gasteiger partial charge >= 0.3 is 0 Å². The molecule has 1 N–H and O–H groups in total. The number of aromatic nitrogens is 2. The summed E-state index contributed by atoms with van der Waals surface area (Å²) in [5.41, 5.74) is 0.980. The summed E-state index contributed by atoms with van der Waals surface area (Å²) in [7, 11) is 4.90. The van der Waals surface area contributed by atoms with Crippen LogP contribution in [0, 0.1) is 0 Å². The molecule has 2 aromatic rings. The molecule has 1 amide bonds. The second kappa shape index (κ2) is 6.79. The van der Waals surface area contributed by atoms with Gasteiger partial charge in [0.25, 0.3) is 5.56 Å². The van der Waals surface area contributed by atoms with Gasteiger partial charge in [0.1, 0.15) is 5.82 Å². The SMILES string of the molecule is COc1ccc(C2CC(=O)Nc3c2c(=O)nc(SC)n3C)cc1OC. The third-order valence-corrected chi connectivity index (χ3v) is 5.02. The van der Waals surface area contributed by atoms with Crippen LogP contribution in [0.2, 0.25) is 0 Å². The Hall–Kier alpha value is -2.48. The molecule has 0 spiro atoms. The molecular formula is C17H19N3O4S. The fourth-order valence-corrected chi connectivity index (χ4v) is 3.61. The van der Waals surface area contributed by atoms with Crippen molar-refractivity contribution in [1.29, 1.82) is 0 Å². The lowest BCUT2D eigenvalue weighted by atomic mass is 9.86. The van der Waals surface area contributed by atoms with E-state index in [0.29, 0.717) is 28.0 Å². The van der Waals surface area contributed by atoms with Crippen LogP contribution in [0.25, 0.3) is 0 Å². The maximum absolute atomic E-state index is 12.6. The maximum atomic E-state index is 12.6. The number of thioether (sulfide) groups is 1. The van der Waals surface area contributed by atoms with Crippen LogP contribution in [0.4, 0.5) is 5.82 Å². The van der Waals surface area contributed by atoms with Crippen molar-refractivity contribution in [3.8, 4) is 11.5 Å². The largest absolute Gasteiger partial charge is 0.493 e. The van der Waals surface area contributed by atoms with Gasteiger partial charge in [0.15, 0.2) is 16.7 Å². The van der Waals surface area contributed by atoms with Gasteiger partial charge < -0.3 is 19.4 Å². The maximum Gasteiger partial charge on any atom is 0.279 e. The van der Waals surface area contributed by atoms with Crippen molar-refractivity contribution >= 4 is 23.5 Å². The highest BCUT2D eigenvalue weighted by atomic mass is 32.2. The van der Waals surface area contributed by atoms with Crippen LogP contribution in [0.5, 0.6) is 11.5 Å². The first-order chi connectivity index (χ1) is 12.0. The number of ether oxygens (including phenoxy) is 2. The van der Waals surface area contributed by atoms with Gasteiger partial charge in [-0.05, 0) is 24.0 Å². The summed E-state index contributed by atoms with van der Waals surface area (Å²) in [5.74, 6) is 1.13. The smallest absolute Gasteiger partial charge is 0.279 e. The zero-order valence-corrected chi connectivity index (χ0v) is 15.3. The Kier molecular flexibility index (Phi) is 4.71. The Balaban J connectivity index is 2.19. The topological polar surface area (TPSA) is 82.5 Å². The van der Waals surface area contributed by atoms with E-state index in [9.17, 15) is 9.59 Å². The van der Waals surface area contributed by atoms with Crippen LogP contribution < -0.4 is 20.3 Å². The van der Waals surface area contributed by atoms with Crippen LogP contribution in [0.3, 0.4) is 0 Å². The van der Waals surface area contributed by atoms with Gasteiger partial charge in [-0.2, -0.15) is 4.98 Å². The third-order valence-electron chi connectivity index (χ3n) is 4.29. The summed E-state index contributed by atoms with van der Waals surface area (Å²) in [6.45, 7) is 0. The molecule has 2 heterocycles. The Morgan fingerprint density at radius 2 is 1.96 bits per heavy atom. The second-order valence-corrected chi connectivity index (χ2v) is 6.42. The molecule has 3 rings (SSSR count). The third kappa shape index (κ3) is 2.97. The highest BCUT2D eigenvalue weighted by molar-refractivity contribution is 7.98. The second-order valence-electron chi connectivity index (χ2n) is 5.64. The van der Waals surface area contributed by atoms with Gasteiger partial charge in [0.2, 0.25) is 5.91 Å². The molecule has 0 saturated heterocycles. The number of hydrogen-bond acceptors (Lipinski definition) is 6. The summed E-state index contributed by atoms with van der Waals surface area (Å²) < 4.78 is 12.3. The van der Waals surface area contributed by atoms with Crippen LogP contribution in [0.1, 0.15) is 23.5 Å². The highest BCUT2D eigenvalue weighted by Crippen LogP contribution is 2.38. The molecule has 25 heavy (non-hydrogen) atoms. The molecule has 8 heteroatoms. The number of amides is 1. The normalized spacial score (nSPS) is 16.2. The highest BCUT2D eigenvalue weighted by Gasteiger charge is 2.32. The zero-order chi connectivity index (χ0) is 18.1. The number of nitrogens with one attached hydrogen (secondary N) is 1. The molecule has 1 unspecified atom stereocenters. The lowest BCUT2D eigenvalue weighted by Crippen LogP contribution is -2.33. The molecule has 0 aliphatic carbocycles. The van der Waals surface area contributed by atoms with E-state index in [1.807, 2.05) is 12.3 Å². The van der Waals surface area contributed by atoms with E-state index in [1.54, 1.807) is 38.0 Å². The van der Waals surface area contributed by atoms with Gasteiger partial charge in [-0.25, -0.2) is 0 Å². The molecule has 0 fully saturated rings. The van der Waals surface area contributed by atoms with Gasteiger partial charge in [0.05, 0.1) is 19.8 Å². The van der Waals surface area contributed by atoms with Crippen molar-refractivity contribution in [2.45, 2.75) is 17.5 Å². The number of hydrogen-bond donors (Lipinski definition) is 1. The Labute approximate surface area is 149 Å². The Bertz CT molecular complexity index is 894. The van der Waals surface area contributed by atoms with Gasteiger partial charge in [-0.1, -0.05) is 17.8 Å². The predicted molar refractivity (Wildman–Crippen MR) is 95.9 cm³/mol. The van der Waals surface area contributed by atoms with Crippen molar-refractivity contribution in [2.24, 2.45) is 7.05 Å². The van der Waals surface area contributed by atoms with E-state index >= 15 is 0 Å². The van der Waals surface area contributed by atoms with Crippen LogP contribution >= 0.6 is 11.8 Å². The number of nitrogens with zero attached hydrogens (tertiary/aromatic N) is 2. The van der Waals surface area contributed by atoms with Crippen molar-refractivity contribution in [2.75, 3.05) is 25.8 Å². The Morgan fingerprint density at radius 1 is 1.24 bits per heavy atom. The van der Waals surface area contributed by atoms with E-state index in [0.717, 1.165) is 5.56 Å². The van der Waals surface area contributed by atoms with Crippen LogP contribution in [0.15, 0.2) is 28.2 Å². The first kappa shape index (κ1) is 17.3. The van der Waals surface area contributed by atoms with E-state index < -0.39 is 0 Å². The summed E-state index contributed by atoms with van der Waals surface area (Å²) in [6, 6.07) is 5.42. The van der Waals surface area contributed by atoms with Crippen LogP contribution in [-0.2, 0) is 11.8 Å². The minimum Gasteiger partial charge on any atom is -0.493 e. The first-order valence-electron chi connectivity index (χ1n) is 7.66. The first-order valence-corrected chi connectivity index (χ1v) is 8.89. The van der Waals surface area contributed by atoms with E-state index in [4.69, 9.17) is 9.47 Å². The molecule has 1 aromatic carbocycles. The molecule has 7 nitrogen and oxygen atoms in total. The minimum atomic E-state index is -0.384. The number of anilines is 1. The van der Waals surface area contributed by atoms with Crippen molar-refractivity contribution in [3.63, 3.8) is 0 Å². The summed E-state index contributed by atoms with van der Waals surface area (Å²) >= 11 is 1.36. The molecule has 1 atom stereocenters. The quantitative estimate of drug-likeness (QED) is 0.662. The molecule has 0 bridgehead atoms. The average Bonchev–Trinajstić information content (AvgIpc) is 2.63. The number of benzene rings is 1. The molecule has 0 saturated carbocycles. The van der Waals surface area contributed by atoms with Crippen molar-refractivity contribution in [1.82, 2.24) is 9.55 Å². The van der Waals surface area contributed by atoms with Crippen LogP contribution in [-0.4, -0.2) is 35.9 Å². The van der Waals surface area contributed by atoms with Gasteiger partial charge in [-0.3, -0.25) is 9.59 Å². The molecule has 1 aromatic heterocycles. The standard InChI is InChI=1S/C17H19N3O4S/c1-20-15-14(16(22)19-17(20)25-4)10(8-13(21)18-15)9-5-6-11(23-2)12(7-9)24-3/h5-7,10H,8H2,1-4H3,(H,18,21). The summed E-state index contributed by atoms with van der Waals surface area (Å²) in [4.78, 5) is 29.0. The molecular weight excluding hydrogens is 342 g/mol. The fourth-order valence-electron chi connectivity index (χ4n) is 3.07. The van der Waals surface area contributed by atoms with E-state index in [2.05, 4.69) is 10.3 Å². The van der Waals surface area contributed by atoms with Gasteiger partial charge in [-0.15, -0.1) is 0 Å². The van der Waals surface area contributed by atoms with Gasteiger partial charge in [0, 0.05) is 19.4 Å². The number of rotatable bonds is 4. The molecule has 1 aliphatic heterocycles. The Morgan fingerprint density at radius 3 is 2.60 bits per heavy atom. The number of methoxy groups -OCH3 is 2. The average molecular weight is 361 g/mol. The zero-order valence-electron chi connectivity index (χ0n) is 14.5. The summed E-state index contributed by atoms with van der Waals surface area (Å²) in [6.07, 6.45) is 2.02. The predicted octanol–water partition coefficient (Wildman–Crippen LogP) is 1.99. The number of fused-ring (bicyclic) bond motifs is 1. The number of carbonyl (C=O) groups excluding carboxylic acids is 1. The molecule has 132 valence electrons. The van der Waals surface area contributed by atoms with E-state index in [-0.39, 0.29) is 23.8 Å². The molecule has 1 aliphatic rings. The van der Waals surface area contributed by atoms with Crippen molar-refractivity contribution in [3.05, 3.63) is 39.7 Å².